The lowest BCUT2D eigenvalue weighted by molar-refractivity contribution is -0.138. The third-order valence-electron chi connectivity index (χ3n) is 10.5. The SMILES string of the molecule is CN(C)c1ccc(/N=N/c2ccc(C(=O)NCCCOC(=O)/C(C#N)=C/c3ccccc3C(=O)Oc3cc4c(cc3F)C3(OC(=O)c5ccccc53)c3cc(F)c(O)cc3O4)cc2)cc1. The number of phenolic OH excluding ortho intramolecular Hbond substituents is 1. The van der Waals surface area contributed by atoms with Crippen molar-refractivity contribution in [1.29, 1.82) is 5.26 Å². The lowest BCUT2D eigenvalue weighted by atomic mass is 9.77. The molecule has 0 aliphatic carbocycles. The number of hydrogen-bond acceptors (Lipinski definition) is 13. The van der Waals surface area contributed by atoms with Crippen LogP contribution >= 0.6 is 0 Å². The molecule has 8 rings (SSSR count). The van der Waals surface area contributed by atoms with E-state index in [-0.39, 0.29) is 70.4 Å². The first-order valence-electron chi connectivity index (χ1n) is 19.9. The van der Waals surface area contributed by atoms with E-state index in [1.165, 1.54) is 30.3 Å². The molecule has 324 valence electrons. The van der Waals surface area contributed by atoms with Crippen LogP contribution in [0.15, 0.2) is 137 Å². The van der Waals surface area contributed by atoms with Gasteiger partial charge in [-0.2, -0.15) is 15.5 Å². The van der Waals surface area contributed by atoms with E-state index in [0.717, 1.165) is 36.0 Å². The number of benzene rings is 6. The molecule has 16 heteroatoms. The van der Waals surface area contributed by atoms with Crippen LogP contribution in [0.5, 0.6) is 23.0 Å². The molecule has 1 unspecified atom stereocenters. The smallest absolute Gasteiger partial charge is 0.348 e. The van der Waals surface area contributed by atoms with E-state index in [2.05, 4.69) is 15.5 Å². The minimum atomic E-state index is -1.88. The number of hydrogen-bond donors (Lipinski definition) is 2. The number of azo groups is 1. The van der Waals surface area contributed by atoms with Gasteiger partial charge in [0.2, 0.25) is 0 Å². The predicted octanol–water partition coefficient (Wildman–Crippen LogP) is 9.21. The highest BCUT2D eigenvalue weighted by Crippen LogP contribution is 2.57. The van der Waals surface area contributed by atoms with Gasteiger partial charge in [-0.3, -0.25) is 4.79 Å². The van der Waals surface area contributed by atoms with E-state index in [1.807, 2.05) is 43.3 Å². The number of ether oxygens (including phenoxy) is 4. The molecule has 0 bridgehead atoms. The number of nitrogens with zero attached hydrogens (tertiary/aromatic N) is 4. The number of nitriles is 1. The third kappa shape index (κ3) is 8.58. The number of rotatable bonds is 12. The lowest BCUT2D eigenvalue weighted by Crippen LogP contribution is -2.33. The van der Waals surface area contributed by atoms with Crippen molar-refractivity contribution in [2.75, 3.05) is 32.1 Å². The fraction of sp³-hybridized carbons (Fsp3) is 0.122. The summed E-state index contributed by atoms with van der Waals surface area (Å²) in [5.41, 5.74) is 0.584. The van der Waals surface area contributed by atoms with Gasteiger partial charge in [0.15, 0.2) is 28.7 Å². The van der Waals surface area contributed by atoms with Crippen LogP contribution in [0.4, 0.5) is 25.8 Å². The van der Waals surface area contributed by atoms with Crippen LogP contribution in [0, 0.1) is 23.0 Å². The zero-order valence-electron chi connectivity index (χ0n) is 34.5. The summed E-state index contributed by atoms with van der Waals surface area (Å²) in [6.45, 7) is -0.00447. The van der Waals surface area contributed by atoms with Crippen molar-refractivity contribution >= 4 is 47.0 Å². The Kier molecular flexibility index (Phi) is 11.9. The standard InChI is InChI=1S/C49H35F2N5O9/c1-56(2)33-18-16-32(17-19-33)55-54-31-14-12-28(13-15-31)45(58)53-20-7-21-62-46(59)30(27-52)22-29-8-3-4-9-34(29)47(60)64-44-26-43-38(24-40(44)51)49(36-11-6-5-10-35(36)48(61)65-49)37-23-39(50)41(57)25-42(37)63-43/h3-6,8-19,22-26,57H,7,20-21H2,1-2H3,(H,53,58)/b30-22+,55-54+. The van der Waals surface area contributed by atoms with Gasteiger partial charge in [0.1, 0.15) is 23.1 Å². The number of carbonyl (C=O) groups is 4. The molecule has 2 heterocycles. The van der Waals surface area contributed by atoms with Gasteiger partial charge >= 0.3 is 17.9 Å². The minimum absolute atomic E-state index is 0.0112. The molecule has 65 heavy (non-hydrogen) atoms. The maximum Gasteiger partial charge on any atom is 0.348 e. The van der Waals surface area contributed by atoms with Crippen molar-refractivity contribution in [3.8, 4) is 29.1 Å². The van der Waals surface area contributed by atoms with Crippen LogP contribution in [-0.4, -0.2) is 56.2 Å². The van der Waals surface area contributed by atoms with Crippen LogP contribution in [0.1, 0.15) is 59.7 Å². The van der Waals surface area contributed by atoms with E-state index in [9.17, 15) is 33.9 Å². The zero-order valence-corrected chi connectivity index (χ0v) is 34.5. The average Bonchev–Trinajstić information content (AvgIpc) is 3.60. The molecule has 2 aliphatic rings. The molecule has 1 spiro atoms. The Morgan fingerprint density at radius 1 is 0.846 bits per heavy atom. The predicted molar refractivity (Wildman–Crippen MR) is 231 cm³/mol. The number of nitrogens with one attached hydrogen (secondary N) is 1. The largest absolute Gasteiger partial charge is 0.505 e. The van der Waals surface area contributed by atoms with Gasteiger partial charge in [-0.25, -0.2) is 23.2 Å². The quantitative estimate of drug-likeness (QED) is 0.0298. The summed E-state index contributed by atoms with van der Waals surface area (Å²) in [5.74, 6) is -6.91. The Bertz CT molecular complexity index is 3000. The molecular weight excluding hydrogens is 841 g/mol. The number of amides is 1. The number of carbonyl (C=O) groups excluding carboxylic acids is 4. The normalized spacial score (nSPS) is 14.6. The first-order chi connectivity index (χ1) is 31.4. The van der Waals surface area contributed by atoms with Crippen molar-refractivity contribution in [2.45, 2.75) is 12.0 Å². The molecule has 1 amide bonds. The molecule has 0 saturated heterocycles. The molecule has 6 aromatic carbocycles. The highest BCUT2D eigenvalue weighted by molar-refractivity contribution is 6.02. The van der Waals surface area contributed by atoms with Crippen LogP contribution in [-0.2, 0) is 19.9 Å². The second kappa shape index (κ2) is 17.9. The maximum atomic E-state index is 16.0. The third-order valence-corrected chi connectivity index (χ3v) is 10.5. The van der Waals surface area contributed by atoms with Gasteiger partial charge in [-0.15, -0.1) is 0 Å². The van der Waals surface area contributed by atoms with Gasteiger partial charge < -0.3 is 34.3 Å². The molecule has 0 radical (unpaired) electrons. The Labute approximate surface area is 369 Å². The number of halogens is 2. The number of fused-ring (bicyclic) bond motifs is 6. The Morgan fingerprint density at radius 2 is 1.49 bits per heavy atom. The van der Waals surface area contributed by atoms with Crippen molar-refractivity contribution < 1.29 is 52.0 Å². The van der Waals surface area contributed by atoms with Crippen LogP contribution in [0.3, 0.4) is 0 Å². The fourth-order valence-corrected chi connectivity index (χ4v) is 7.24. The zero-order chi connectivity index (χ0) is 45.8. The summed E-state index contributed by atoms with van der Waals surface area (Å²) in [6.07, 6.45) is 1.34. The van der Waals surface area contributed by atoms with Gasteiger partial charge in [0, 0.05) is 49.6 Å². The fourth-order valence-electron chi connectivity index (χ4n) is 7.24. The number of anilines is 1. The molecule has 14 nitrogen and oxygen atoms in total. The van der Waals surface area contributed by atoms with E-state index < -0.39 is 52.2 Å². The first kappa shape index (κ1) is 43.0. The second-order valence-corrected chi connectivity index (χ2v) is 14.8. The maximum absolute atomic E-state index is 16.0. The molecule has 2 aliphatic heterocycles. The summed E-state index contributed by atoms with van der Waals surface area (Å²) in [7, 11) is 3.89. The molecule has 0 aromatic heterocycles. The highest BCUT2D eigenvalue weighted by atomic mass is 19.1. The Balaban J connectivity index is 0.901. The van der Waals surface area contributed by atoms with Crippen molar-refractivity contribution in [3.05, 3.63) is 177 Å². The first-order valence-corrected chi connectivity index (χ1v) is 19.9. The van der Waals surface area contributed by atoms with E-state index in [0.29, 0.717) is 16.9 Å². The average molecular weight is 876 g/mol. The van der Waals surface area contributed by atoms with Gasteiger partial charge in [-0.05, 0) is 90.9 Å². The molecular formula is C49H35F2N5O9. The Morgan fingerprint density at radius 3 is 2.20 bits per heavy atom. The topological polar surface area (TPSA) is 189 Å². The van der Waals surface area contributed by atoms with Gasteiger partial charge in [-0.1, -0.05) is 36.4 Å². The summed E-state index contributed by atoms with van der Waals surface area (Å²) in [4.78, 5) is 54.3. The molecule has 0 saturated carbocycles. The van der Waals surface area contributed by atoms with Gasteiger partial charge in [0.05, 0.1) is 40.2 Å². The van der Waals surface area contributed by atoms with Gasteiger partial charge in [0.25, 0.3) is 5.91 Å². The molecule has 0 fully saturated rings. The second-order valence-electron chi connectivity index (χ2n) is 14.8. The van der Waals surface area contributed by atoms with Crippen molar-refractivity contribution in [1.82, 2.24) is 5.32 Å². The lowest BCUT2D eigenvalue weighted by Gasteiger charge is -2.36. The summed E-state index contributed by atoms with van der Waals surface area (Å²) < 4.78 is 53.5. The molecule has 1 atom stereocenters. The Hall–Kier alpha value is -8.71. The summed E-state index contributed by atoms with van der Waals surface area (Å²) in [6, 6.07) is 31.9. The van der Waals surface area contributed by atoms with Crippen LogP contribution < -0.4 is 19.7 Å². The number of aromatic hydroxyl groups is 1. The molecule has 6 aromatic rings. The number of phenols is 1. The van der Waals surface area contributed by atoms with Crippen LogP contribution in [0.2, 0.25) is 0 Å². The summed E-state index contributed by atoms with van der Waals surface area (Å²) in [5, 5.41) is 31.2. The van der Waals surface area contributed by atoms with Crippen molar-refractivity contribution in [3.63, 3.8) is 0 Å². The monoisotopic (exact) mass is 875 g/mol. The van der Waals surface area contributed by atoms with E-state index in [1.54, 1.807) is 48.5 Å². The van der Waals surface area contributed by atoms with E-state index >= 15 is 4.39 Å². The minimum Gasteiger partial charge on any atom is -0.505 e. The summed E-state index contributed by atoms with van der Waals surface area (Å²) >= 11 is 0. The molecule has 2 N–H and O–H groups in total. The van der Waals surface area contributed by atoms with E-state index in [4.69, 9.17) is 18.9 Å². The number of esters is 3. The van der Waals surface area contributed by atoms with Crippen LogP contribution in [0.25, 0.3) is 6.08 Å². The highest BCUT2D eigenvalue weighted by Gasteiger charge is 2.54. The van der Waals surface area contributed by atoms with Crippen molar-refractivity contribution in [2.24, 2.45) is 10.2 Å².